The van der Waals surface area contributed by atoms with Gasteiger partial charge in [0.25, 0.3) is 0 Å². The Morgan fingerprint density at radius 2 is 1.10 bits per heavy atom. The van der Waals surface area contributed by atoms with E-state index in [0.717, 1.165) is 31.7 Å². The van der Waals surface area contributed by atoms with Crippen LogP contribution in [-0.2, 0) is 9.47 Å². The lowest BCUT2D eigenvalue weighted by Gasteiger charge is -2.09. The van der Waals surface area contributed by atoms with E-state index in [4.69, 9.17) is 9.47 Å². The molecule has 0 spiro atoms. The largest absolute Gasteiger partial charge is 0.465 e. The van der Waals surface area contributed by atoms with E-state index in [1.807, 2.05) is 24.3 Å². The second-order valence-corrected chi connectivity index (χ2v) is 10.4. The molecule has 0 aliphatic carbocycles. The molecular formula is C22H14O4S4. The smallest absolute Gasteiger partial charge is 0.348 e. The highest BCUT2D eigenvalue weighted by molar-refractivity contribution is 7.23. The summed E-state index contributed by atoms with van der Waals surface area (Å²) in [6, 6.07) is 11.9. The summed E-state index contributed by atoms with van der Waals surface area (Å²) >= 11 is 6.26. The molecule has 0 amide bonds. The number of carbonyl (C=O) groups excluding carboxylic acids is 2. The van der Waals surface area contributed by atoms with Gasteiger partial charge in [-0.25, -0.2) is 9.59 Å². The molecule has 5 aromatic rings. The minimum atomic E-state index is -0.319. The van der Waals surface area contributed by atoms with Crippen LogP contribution in [0.25, 0.3) is 41.1 Å². The van der Waals surface area contributed by atoms with Gasteiger partial charge in [-0.3, -0.25) is 0 Å². The Morgan fingerprint density at radius 1 is 0.667 bits per heavy atom. The molecule has 4 nitrogen and oxygen atoms in total. The number of carbonyl (C=O) groups is 2. The van der Waals surface area contributed by atoms with Gasteiger partial charge in [0.1, 0.15) is 9.75 Å². The van der Waals surface area contributed by atoms with Crippen LogP contribution in [0.2, 0.25) is 0 Å². The Balaban J connectivity index is 1.77. The first kappa shape index (κ1) is 19.4. The highest BCUT2D eigenvalue weighted by atomic mass is 32.1. The zero-order chi connectivity index (χ0) is 20.8. The molecule has 0 saturated heterocycles. The lowest BCUT2D eigenvalue weighted by molar-refractivity contribution is 0.0597. The third-order valence-electron chi connectivity index (χ3n) is 4.80. The molecular weight excluding hydrogens is 457 g/mol. The standard InChI is InChI=1S/C22H14O4S4/c1-25-21(23)15-5-3-13(29-15)17-11-7-9-28-20(11)18(12-8-10-27-19(12)17)14-4-6-16(30-14)22(24)26-2/h3-10H,1-2H3. The fraction of sp³-hybridized carbons (Fsp3) is 0.0909. The second kappa shape index (κ2) is 7.63. The van der Waals surface area contributed by atoms with Crippen LogP contribution in [0.5, 0.6) is 0 Å². The Morgan fingerprint density at radius 3 is 1.50 bits per heavy atom. The van der Waals surface area contributed by atoms with Gasteiger partial charge in [-0.05, 0) is 47.2 Å². The summed E-state index contributed by atoms with van der Waals surface area (Å²) in [5.74, 6) is -0.637. The summed E-state index contributed by atoms with van der Waals surface area (Å²) in [4.78, 5) is 27.2. The number of hydrogen-bond donors (Lipinski definition) is 0. The Kier molecular flexibility index (Phi) is 4.94. The number of fused-ring (bicyclic) bond motifs is 2. The van der Waals surface area contributed by atoms with Gasteiger partial charge in [-0.2, -0.15) is 0 Å². The first-order valence-electron chi connectivity index (χ1n) is 8.89. The van der Waals surface area contributed by atoms with Crippen molar-refractivity contribution in [1.29, 1.82) is 0 Å². The molecule has 0 N–H and O–H groups in total. The summed E-state index contributed by atoms with van der Waals surface area (Å²) in [7, 11) is 2.80. The van der Waals surface area contributed by atoms with E-state index in [-0.39, 0.29) is 11.9 Å². The number of esters is 2. The highest BCUT2D eigenvalue weighted by Crippen LogP contribution is 2.49. The number of ether oxygens (including phenoxy) is 2. The average Bonchev–Trinajstić information content (AvgIpc) is 3.55. The maximum Gasteiger partial charge on any atom is 0.348 e. The number of thiophene rings is 4. The molecule has 0 atom stereocenters. The topological polar surface area (TPSA) is 52.6 Å². The van der Waals surface area contributed by atoms with Crippen molar-refractivity contribution in [2.45, 2.75) is 0 Å². The van der Waals surface area contributed by atoms with E-state index < -0.39 is 0 Å². The predicted octanol–water partition coefficient (Wildman–Crippen LogP) is 7.15. The molecule has 0 radical (unpaired) electrons. The van der Waals surface area contributed by atoms with Crippen molar-refractivity contribution in [3.8, 4) is 20.9 Å². The van der Waals surface area contributed by atoms with Crippen LogP contribution in [0.3, 0.4) is 0 Å². The zero-order valence-electron chi connectivity index (χ0n) is 15.9. The predicted molar refractivity (Wildman–Crippen MR) is 127 cm³/mol. The molecule has 150 valence electrons. The van der Waals surface area contributed by atoms with Gasteiger partial charge in [0.05, 0.1) is 14.2 Å². The summed E-state index contributed by atoms with van der Waals surface area (Å²) < 4.78 is 12.1. The van der Waals surface area contributed by atoms with E-state index in [1.165, 1.54) is 46.3 Å². The molecule has 30 heavy (non-hydrogen) atoms. The van der Waals surface area contributed by atoms with Crippen LogP contribution in [-0.4, -0.2) is 26.2 Å². The van der Waals surface area contributed by atoms with Crippen LogP contribution >= 0.6 is 45.3 Å². The first-order chi connectivity index (χ1) is 14.6. The van der Waals surface area contributed by atoms with Crippen LogP contribution in [0.15, 0.2) is 47.2 Å². The molecule has 0 aliphatic heterocycles. The van der Waals surface area contributed by atoms with Crippen LogP contribution < -0.4 is 0 Å². The quantitative estimate of drug-likeness (QED) is 0.262. The van der Waals surface area contributed by atoms with Gasteiger partial charge >= 0.3 is 11.9 Å². The maximum absolute atomic E-state index is 12.0. The van der Waals surface area contributed by atoms with E-state index in [2.05, 4.69) is 22.9 Å². The minimum Gasteiger partial charge on any atom is -0.465 e. The van der Waals surface area contributed by atoms with Crippen molar-refractivity contribution in [2.24, 2.45) is 0 Å². The third-order valence-corrected chi connectivity index (χ3v) is 8.83. The summed E-state index contributed by atoms with van der Waals surface area (Å²) in [5, 5.41) is 6.47. The van der Waals surface area contributed by atoms with Crippen LogP contribution in [0.1, 0.15) is 19.3 Å². The summed E-state index contributed by atoms with van der Waals surface area (Å²) in [6.07, 6.45) is 0. The van der Waals surface area contributed by atoms with E-state index in [1.54, 1.807) is 22.7 Å². The fourth-order valence-electron chi connectivity index (χ4n) is 3.50. The number of methoxy groups -OCH3 is 2. The molecule has 8 heteroatoms. The summed E-state index contributed by atoms with van der Waals surface area (Å²) in [6.45, 7) is 0. The van der Waals surface area contributed by atoms with Crippen molar-refractivity contribution >= 4 is 77.5 Å². The minimum absolute atomic E-state index is 0.319. The molecule has 0 aliphatic rings. The molecule has 1 aromatic carbocycles. The average molecular weight is 471 g/mol. The van der Waals surface area contributed by atoms with Gasteiger partial charge in [0.2, 0.25) is 0 Å². The maximum atomic E-state index is 12.0. The van der Waals surface area contributed by atoms with Gasteiger partial charge in [0, 0.05) is 41.1 Å². The lowest BCUT2D eigenvalue weighted by Crippen LogP contribution is -1.96. The van der Waals surface area contributed by atoms with Crippen LogP contribution in [0, 0.1) is 0 Å². The highest BCUT2D eigenvalue weighted by Gasteiger charge is 2.22. The van der Waals surface area contributed by atoms with Crippen molar-refractivity contribution < 1.29 is 19.1 Å². The number of benzene rings is 1. The van der Waals surface area contributed by atoms with Gasteiger partial charge in [-0.15, -0.1) is 45.3 Å². The molecule has 4 heterocycles. The third kappa shape index (κ3) is 2.99. The number of hydrogen-bond acceptors (Lipinski definition) is 8. The van der Waals surface area contributed by atoms with Crippen molar-refractivity contribution in [3.05, 3.63) is 56.9 Å². The van der Waals surface area contributed by atoms with Crippen LogP contribution in [0.4, 0.5) is 0 Å². The Hall–Kier alpha value is -2.52. The molecule has 0 saturated carbocycles. The first-order valence-corrected chi connectivity index (χ1v) is 12.3. The Bertz CT molecular complexity index is 1260. The lowest BCUT2D eigenvalue weighted by atomic mass is 10.0. The van der Waals surface area contributed by atoms with Gasteiger partial charge in [0.15, 0.2) is 0 Å². The zero-order valence-corrected chi connectivity index (χ0v) is 19.2. The molecule has 0 unspecified atom stereocenters. The summed E-state index contributed by atoms with van der Waals surface area (Å²) in [5.41, 5.74) is 2.29. The Labute approximate surface area is 187 Å². The van der Waals surface area contributed by atoms with E-state index >= 15 is 0 Å². The van der Waals surface area contributed by atoms with Gasteiger partial charge < -0.3 is 9.47 Å². The van der Waals surface area contributed by atoms with Gasteiger partial charge in [-0.1, -0.05) is 0 Å². The SMILES string of the molecule is COC(=O)c1ccc(-c2c3ccsc3c(-c3ccc(C(=O)OC)s3)c3ccsc23)s1. The van der Waals surface area contributed by atoms with Crippen molar-refractivity contribution in [2.75, 3.05) is 14.2 Å². The normalized spacial score (nSPS) is 11.3. The number of rotatable bonds is 4. The van der Waals surface area contributed by atoms with Crippen molar-refractivity contribution in [3.63, 3.8) is 0 Å². The van der Waals surface area contributed by atoms with Crippen molar-refractivity contribution in [1.82, 2.24) is 0 Å². The molecule has 5 rings (SSSR count). The van der Waals surface area contributed by atoms with E-state index in [0.29, 0.717) is 9.75 Å². The monoisotopic (exact) mass is 470 g/mol. The second-order valence-electron chi connectivity index (χ2n) is 6.39. The molecule has 0 bridgehead atoms. The fourth-order valence-corrected chi connectivity index (χ4v) is 7.56. The molecule has 4 aromatic heterocycles. The van der Waals surface area contributed by atoms with E-state index in [9.17, 15) is 9.59 Å². The molecule has 0 fully saturated rings.